The van der Waals surface area contributed by atoms with E-state index in [0.29, 0.717) is 17.4 Å². The molecule has 0 aliphatic heterocycles. The van der Waals surface area contributed by atoms with E-state index in [9.17, 15) is 9.59 Å². The van der Waals surface area contributed by atoms with E-state index >= 15 is 0 Å². The highest BCUT2D eigenvalue weighted by Crippen LogP contribution is 2.23. The van der Waals surface area contributed by atoms with E-state index in [1.54, 1.807) is 12.1 Å². The van der Waals surface area contributed by atoms with E-state index in [4.69, 9.17) is 14.7 Å². The van der Waals surface area contributed by atoms with Gasteiger partial charge in [0.2, 0.25) is 0 Å². The van der Waals surface area contributed by atoms with Gasteiger partial charge in [-0.15, -0.1) is 0 Å². The average Bonchev–Trinajstić information content (AvgIpc) is 2.72. The van der Waals surface area contributed by atoms with E-state index < -0.39 is 12.6 Å². The second-order valence-corrected chi connectivity index (χ2v) is 7.41. The van der Waals surface area contributed by atoms with Gasteiger partial charge in [-0.25, -0.2) is 4.79 Å². The molecule has 2 aromatic rings. The number of ether oxygens (including phenoxy) is 2. The first-order chi connectivity index (χ1) is 14.3. The molecule has 0 unspecified atom stereocenters. The largest absolute Gasteiger partial charge is 0.482 e. The topological polar surface area (TPSA) is 79.6 Å². The molecular weight excluding hydrogens is 380 g/mol. The van der Waals surface area contributed by atoms with Gasteiger partial charge in [0.1, 0.15) is 5.75 Å². The molecule has 30 heavy (non-hydrogen) atoms. The fraction of sp³-hybridized carbons (Fsp3) is 0.375. The highest BCUT2D eigenvalue weighted by Gasteiger charge is 2.18. The highest BCUT2D eigenvalue weighted by molar-refractivity contribution is 5.95. The second-order valence-electron chi connectivity index (χ2n) is 7.41. The molecular formula is C24H28N2O4. The summed E-state index contributed by atoms with van der Waals surface area (Å²) in [7, 11) is 0. The fourth-order valence-electron chi connectivity index (χ4n) is 3.07. The van der Waals surface area contributed by atoms with Gasteiger partial charge in [0.15, 0.2) is 13.2 Å². The maximum atomic E-state index is 12.6. The minimum absolute atomic E-state index is 0.183. The zero-order chi connectivity index (χ0) is 22.1. The van der Waals surface area contributed by atoms with Crippen molar-refractivity contribution in [2.75, 3.05) is 24.7 Å². The van der Waals surface area contributed by atoms with Crippen LogP contribution in [0.1, 0.15) is 42.9 Å². The van der Waals surface area contributed by atoms with Crippen LogP contribution < -0.4 is 9.64 Å². The number of anilines is 1. The standard InChI is InChI=1S/C24H28N2O4/c1-17(2)22-11-10-21(14-19(22)4)29-16-24(28)30-15-23(27)26(13-5-12-25)20-8-6-18(3)7-9-20/h6-11,14,17H,5,13,15-16H2,1-4H3. The lowest BCUT2D eigenvalue weighted by molar-refractivity contribution is -0.149. The zero-order valence-corrected chi connectivity index (χ0v) is 18.0. The monoisotopic (exact) mass is 408 g/mol. The number of hydrogen-bond donors (Lipinski definition) is 0. The second kappa shape index (κ2) is 11.0. The predicted molar refractivity (Wildman–Crippen MR) is 115 cm³/mol. The Morgan fingerprint density at radius 3 is 2.37 bits per heavy atom. The molecule has 0 heterocycles. The quantitative estimate of drug-likeness (QED) is 0.578. The highest BCUT2D eigenvalue weighted by atomic mass is 16.6. The molecule has 0 saturated heterocycles. The van der Waals surface area contributed by atoms with Crippen LogP contribution in [0.4, 0.5) is 5.69 Å². The zero-order valence-electron chi connectivity index (χ0n) is 18.0. The molecule has 0 aliphatic carbocycles. The molecule has 0 atom stereocenters. The van der Waals surface area contributed by atoms with Crippen LogP contribution >= 0.6 is 0 Å². The summed E-state index contributed by atoms with van der Waals surface area (Å²) < 4.78 is 10.6. The number of carbonyl (C=O) groups is 2. The third-order valence-corrected chi connectivity index (χ3v) is 4.67. The predicted octanol–water partition coefficient (Wildman–Crippen LogP) is 4.30. The minimum Gasteiger partial charge on any atom is -0.482 e. The number of rotatable bonds is 9. The lowest BCUT2D eigenvalue weighted by atomic mass is 9.98. The van der Waals surface area contributed by atoms with E-state index in [0.717, 1.165) is 11.1 Å². The molecule has 0 bridgehead atoms. The number of hydrogen-bond acceptors (Lipinski definition) is 5. The fourth-order valence-corrected chi connectivity index (χ4v) is 3.07. The summed E-state index contributed by atoms with van der Waals surface area (Å²) in [6, 6.07) is 15.1. The third kappa shape index (κ3) is 6.63. The Kier molecular flexibility index (Phi) is 8.42. The lowest BCUT2D eigenvalue weighted by Crippen LogP contribution is -2.36. The van der Waals surface area contributed by atoms with Gasteiger partial charge in [-0.3, -0.25) is 4.79 Å². The van der Waals surface area contributed by atoms with Crippen molar-refractivity contribution in [3.8, 4) is 11.8 Å². The Bertz CT molecular complexity index is 914. The van der Waals surface area contributed by atoms with Crippen molar-refractivity contribution in [3.63, 3.8) is 0 Å². The normalized spacial score (nSPS) is 10.4. The van der Waals surface area contributed by atoms with E-state index in [-0.39, 0.29) is 25.5 Å². The van der Waals surface area contributed by atoms with Gasteiger partial charge in [-0.1, -0.05) is 37.6 Å². The van der Waals surface area contributed by atoms with Crippen LogP contribution in [-0.2, 0) is 14.3 Å². The van der Waals surface area contributed by atoms with E-state index in [1.165, 1.54) is 10.5 Å². The average molecular weight is 408 g/mol. The van der Waals surface area contributed by atoms with Crippen molar-refractivity contribution in [1.82, 2.24) is 0 Å². The molecule has 0 spiro atoms. The summed E-state index contributed by atoms with van der Waals surface area (Å²) in [6.45, 7) is 7.73. The summed E-state index contributed by atoms with van der Waals surface area (Å²) in [6.07, 6.45) is 0.183. The number of benzene rings is 2. The minimum atomic E-state index is -0.627. The van der Waals surface area contributed by atoms with Gasteiger partial charge in [-0.05, 0) is 55.2 Å². The number of aryl methyl sites for hydroxylation is 2. The van der Waals surface area contributed by atoms with Gasteiger partial charge in [-0.2, -0.15) is 5.26 Å². The Balaban J connectivity index is 1.90. The van der Waals surface area contributed by atoms with Crippen LogP contribution in [0, 0.1) is 25.2 Å². The summed E-state index contributed by atoms with van der Waals surface area (Å²) >= 11 is 0. The molecule has 0 aromatic heterocycles. The van der Waals surface area contributed by atoms with Gasteiger partial charge < -0.3 is 14.4 Å². The van der Waals surface area contributed by atoms with Crippen molar-refractivity contribution in [1.29, 1.82) is 5.26 Å². The summed E-state index contributed by atoms with van der Waals surface area (Å²) in [4.78, 5) is 26.0. The third-order valence-electron chi connectivity index (χ3n) is 4.67. The number of amides is 1. The van der Waals surface area contributed by atoms with Gasteiger partial charge in [0, 0.05) is 12.2 Å². The molecule has 0 fully saturated rings. The van der Waals surface area contributed by atoms with E-state index in [2.05, 4.69) is 13.8 Å². The van der Waals surface area contributed by atoms with Crippen LogP contribution in [0.5, 0.6) is 5.75 Å². The Morgan fingerprint density at radius 2 is 1.77 bits per heavy atom. The summed E-state index contributed by atoms with van der Waals surface area (Å²) in [5, 5.41) is 8.86. The van der Waals surface area contributed by atoms with Crippen LogP contribution in [0.25, 0.3) is 0 Å². The molecule has 158 valence electrons. The van der Waals surface area contributed by atoms with E-state index in [1.807, 2.05) is 50.2 Å². The number of carbonyl (C=O) groups excluding carboxylic acids is 2. The molecule has 6 nitrogen and oxygen atoms in total. The molecule has 0 saturated carbocycles. The Hall–Kier alpha value is -3.33. The maximum Gasteiger partial charge on any atom is 0.344 e. The summed E-state index contributed by atoms with van der Waals surface area (Å²) in [5.74, 6) is -0.0272. The van der Waals surface area contributed by atoms with Crippen molar-refractivity contribution >= 4 is 17.6 Å². The Morgan fingerprint density at radius 1 is 1.07 bits per heavy atom. The summed E-state index contributed by atoms with van der Waals surface area (Å²) in [5.41, 5.74) is 4.04. The molecule has 2 aromatic carbocycles. The van der Waals surface area contributed by atoms with Crippen molar-refractivity contribution < 1.29 is 19.1 Å². The van der Waals surface area contributed by atoms with Gasteiger partial charge in [0.05, 0.1) is 12.5 Å². The van der Waals surface area contributed by atoms with Crippen LogP contribution in [0.3, 0.4) is 0 Å². The number of nitriles is 1. The van der Waals surface area contributed by atoms with Gasteiger partial charge in [0.25, 0.3) is 5.91 Å². The van der Waals surface area contributed by atoms with Crippen LogP contribution in [0.15, 0.2) is 42.5 Å². The molecule has 0 N–H and O–H groups in total. The lowest BCUT2D eigenvalue weighted by Gasteiger charge is -2.21. The smallest absolute Gasteiger partial charge is 0.344 e. The molecule has 2 rings (SSSR count). The molecule has 6 heteroatoms. The van der Waals surface area contributed by atoms with Crippen molar-refractivity contribution in [3.05, 3.63) is 59.2 Å². The SMILES string of the molecule is Cc1ccc(N(CCC#N)C(=O)COC(=O)COc2ccc(C(C)C)c(C)c2)cc1. The first kappa shape index (κ1) is 23.0. The first-order valence-electron chi connectivity index (χ1n) is 9.94. The van der Waals surface area contributed by atoms with Crippen LogP contribution in [-0.4, -0.2) is 31.6 Å². The molecule has 0 aliphatic rings. The number of nitrogens with zero attached hydrogens (tertiary/aromatic N) is 2. The van der Waals surface area contributed by atoms with Crippen LogP contribution in [0.2, 0.25) is 0 Å². The Labute approximate surface area is 178 Å². The van der Waals surface area contributed by atoms with Crippen molar-refractivity contribution in [2.24, 2.45) is 0 Å². The van der Waals surface area contributed by atoms with Gasteiger partial charge >= 0.3 is 5.97 Å². The molecule has 0 radical (unpaired) electrons. The number of esters is 1. The van der Waals surface area contributed by atoms with Crippen molar-refractivity contribution in [2.45, 2.75) is 40.0 Å². The maximum absolute atomic E-state index is 12.6. The first-order valence-corrected chi connectivity index (χ1v) is 9.94. The molecule has 1 amide bonds.